The molecular formula is C19H27N5O3S. The van der Waals surface area contributed by atoms with Gasteiger partial charge in [-0.05, 0) is 32.9 Å². The van der Waals surface area contributed by atoms with E-state index in [1.54, 1.807) is 6.20 Å². The molecule has 0 radical (unpaired) electrons. The summed E-state index contributed by atoms with van der Waals surface area (Å²) in [7, 11) is 0. The summed E-state index contributed by atoms with van der Waals surface area (Å²) >= 11 is 1.53. The SMILES string of the molecule is CCOc1ncc(C2(O)CCN(Cc3cnc(SC)nc3)CC2)c(OCC)n1. The molecule has 3 rings (SSSR count). The molecule has 0 bridgehead atoms. The van der Waals surface area contributed by atoms with Gasteiger partial charge in [-0.2, -0.15) is 4.98 Å². The van der Waals surface area contributed by atoms with Crippen LogP contribution in [0.15, 0.2) is 23.7 Å². The minimum absolute atomic E-state index is 0.268. The van der Waals surface area contributed by atoms with E-state index in [1.165, 1.54) is 11.8 Å². The van der Waals surface area contributed by atoms with Gasteiger partial charge >= 0.3 is 6.01 Å². The number of ether oxygens (including phenoxy) is 2. The maximum absolute atomic E-state index is 11.3. The molecular weight excluding hydrogens is 378 g/mol. The molecule has 0 spiro atoms. The molecule has 2 aromatic rings. The van der Waals surface area contributed by atoms with E-state index in [-0.39, 0.29) is 6.01 Å². The number of likely N-dealkylation sites (tertiary alicyclic amines) is 1. The zero-order valence-corrected chi connectivity index (χ0v) is 17.4. The van der Waals surface area contributed by atoms with Crippen molar-refractivity contribution in [2.45, 2.75) is 44.0 Å². The van der Waals surface area contributed by atoms with Crippen LogP contribution in [0.2, 0.25) is 0 Å². The number of aliphatic hydroxyl groups is 1. The Kier molecular flexibility index (Phi) is 7.03. The van der Waals surface area contributed by atoms with Crippen LogP contribution in [0, 0.1) is 0 Å². The zero-order chi connectivity index (χ0) is 20.0. The molecule has 3 heterocycles. The quantitative estimate of drug-likeness (QED) is 0.524. The molecule has 0 unspecified atom stereocenters. The van der Waals surface area contributed by atoms with Crippen molar-refractivity contribution < 1.29 is 14.6 Å². The first-order valence-electron chi connectivity index (χ1n) is 9.50. The molecule has 1 saturated heterocycles. The third-order valence-electron chi connectivity index (χ3n) is 4.74. The Labute approximate surface area is 169 Å². The second-order valence-corrected chi connectivity index (χ2v) is 7.40. The van der Waals surface area contributed by atoms with Crippen LogP contribution in [-0.2, 0) is 12.1 Å². The number of hydrogen-bond donors (Lipinski definition) is 1. The molecule has 2 aromatic heterocycles. The van der Waals surface area contributed by atoms with Crippen LogP contribution in [0.25, 0.3) is 0 Å². The van der Waals surface area contributed by atoms with Crippen molar-refractivity contribution in [1.29, 1.82) is 0 Å². The summed E-state index contributed by atoms with van der Waals surface area (Å²) in [4.78, 5) is 19.5. The molecule has 1 aliphatic heterocycles. The zero-order valence-electron chi connectivity index (χ0n) is 16.6. The van der Waals surface area contributed by atoms with Crippen molar-refractivity contribution in [2.24, 2.45) is 0 Å². The Balaban J connectivity index is 1.68. The topological polar surface area (TPSA) is 93.5 Å². The predicted octanol–water partition coefficient (Wildman–Crippen LogP) is 2.27. The third kappa shape index (κ3) is 4.89. The van der Waals surface area contributed by atoms with E-state index < -0.39 is 5.60 Å². The second-order valence-electron chi connectivity index (χ2n) is 6.62. The molecule has 1 N–H and O–H groups in total. The summed E-state index contributed by atoms with van der Waals surface area (Å²) in [5.74, 6) is 0.401. The largest absolute Gasteiger partial charge is 0.478 e. The van der Waals surface area contributed by atoms with Crippen molar-refractivity contribution in [2.75, 3.05) is 32.6 Å². The summed E-state index contributed by atoms with van der Waals surface area (Å²) in [6.07, 6.45) is 8.48. The van der Waals surface area contributed by atoms with Crippen LogP contribution in [0.5, 0.6) is 11.9 Å². The van der Waals surface area contributed by atoms with Gasteiger partial charge in [-0.15, -0.1) is 0 Å². The number of thioether (sulfide) groups is 1. The predicted molar refractivity (Wildman–Crippen MR) is 107 cm³/mol. The van der Waals surface area contributed by atoms with E-state index in [0.29, 0.717) is 37.5 Å². The van der Waals surface area contributed by atoms with Crippen LogP contribution in [-0.4, -0.2) is 62.5 Å². The average molecular weight is 406 g/mol. The minimum atomic E-state index is -1.01. The minimum Gasteiger partial charge on any atom is -0.478 e. The smallest absolute Gasteiger partial charge is 0.319 e. The molecule has 0 atom stereocenters. The Morgan fingerprint density at radius 2 is 1.75 bits per heavy atom. The monoisotopic (exact) mass is 405 g/mol. The fraction of sp³-hybridized carbons (Fsp3) is 0.579. The van der Waals surface area contributed by atoms with E-state index >= 15 is 0 Å². The van der Waals surface area contributed by atoms with Gasteiger partial charge in [0.2, 0.25) is 5.88 Å². The van der Waals surface area contributed by atoms with Gasteiger partial charge in [0.15, 0.2) is 5.16 Å². The van der Waals surface area contributed by atoms with Gasteiger partial charge in [0, 0.05) is 43.8 Å². The van der Waals surface area contributed by atoms with Gasteiger partial charge in [0.1, 0.15) is 0 Å². The number of aromatic nitrogens is 4. The summed E-state index contributed by atoms with van der Waals surface area (Å²) < 4.78 is 11.0. The van der Waals surface area contributed by atoms with E-state index in [1.807, 2.05) is 32.5 Å². The van der Waals surface area contributed by atoms with Gasteiger partial charge in [-0.3, -0.25) is 4.90 Å². The summed E-state index contributed by atoms with van der Waals surface area (Å²) in [6, 6.07) is 0.268. The van der Waals surface area contributed by atoms with Crippen molar-refractivity contribution in [3.05, 3.63) is 29.7 Å². The normalized spacial score (nSPS) is 16.7. The maximum atomic E-state index is 11.3. The van der Waals surface area contributed by atoms with Crippen molar-refractivity contribution >= 4 is 11.8 Å². The van der Waals surface area contributed by atoms with E-state index in [0.717, 1.165) is 30.4 Å². The lowest BCUT2D eigenvalue weighted by atomic mass is 9.85. The standard InChI is InChI=1S/C19H27N5O3S/c1-4-26-16-15(12-20-17(23-16)27-5-2)19(25)6-8-24(9-7-19)13-14-10-21-18(28-3)22-11-14/h10-12,25H,4-9,13H2,1-3H3. The fourth-order valence-electron chi connectivity index (χ4n) is 3.25. The first-order chi connectivity index (χ1) is 13.6. The molecule has 1 aliphatic rings. The molecule has 0 amide bonds. The van der Waals surface area contributed by atoms with E-state index in [2.05, 4.69) is 24.8 Å². The Bertz CT molecular complexity index is 767. The summed E-state index contributed by atoms with van der Waals surface area (Å²) in [6.45, 7) is 6.97. The Hall–Kier alpha value is -1.97. The van der Waals surface area contributed by atoms with Crippen LogP contribution >= 0.6 is 11.8 Å². The van der Waals surface area contributed by atoms with Crippen LogP contribution in [0.1, 0.15) is 37.8 Å². The molecule has 152 valence electrons. The summed E-state index contributed by atoms with van der Waals surface area (Å²) in [5.41, 5.74) is 0.693. The third-order valence-corrected chi connectivity index (χ3v) is 5.32. The lowest BCUT2D eigenvalue weighted by molar-refractivity contribution is -0.0303. The number of piperidine rings is 1. The summed E-state index contributed by atoms with van der Waals surface area (Å²) in [5, 5.41) is 12.0. The molecule has 0 aliphatic carbocycles. The molecule has 1 fully saturated rings. The second kappa shape index (κ2) is 9.49. The highest BCUT2D eigenvalue weighted by atomic mass is 32.2. The maximum Gasteiger partial charge on any atom is 0.319 e. The van der Waals surface area contributed by atoms with Gasteiger partial charge in [0.25, 0.3) is 0 Å². The van der Waals surface area contributed by atoms with Crippen LogP contribution < -0.4 is 9.47 Å². The van der Waals surface area contributed by atoms with Crippen molar-refractivity contribution in [1.82, 2.24) is 24.8 Å². The average Bonchev–Trinajstić information content (AvgIpc) is 2.71. The molecule has 8 nitrogen and oxygen atoms in total. The van der Waals surface area contributed by atoms with E-state index in [9.17, 15) is 5.11 Å². The van der Waals surface area contributed by atoms with Crippen LogP contribution in [0.3, 0.4) is 0 Å². The highest BCUT2D eigenvalue weighted by Crippen LogP contribution is 2.37. The highest BCUT2D eigenvalue weighted by molar-refractivity contribution is 7.98. The van der Waals surface area contributed by atoms with Crippen LogP contribution in [0.4, 0.5) is 0 Å². The molecule has 0 saturated carbocycles. The molecule has 28 heavy (non-hydrogen) atoms. The Morgan fingerprint density at radius 3 is 2.36 bits per heavy atom. The van der Waals surface area contributed by atoms with Gasteiger partial charge in [-0.25, -0.2) is 15.0 Å². The first kappa shape index (κ1) is 20.8. The van der Waals surface area contributed by atoms with Gasteiger partial charge < -0.3 is 14.6 Å². The van der Waals surface area contributed by atoms with Gasteiger partial charge in [0.05, 0.1) is 24.4 Å². The molecule has 0 aromatic carbocycles. The Morgan fingerprint density at radius 1 is 1.07 bits per heavy atom. The number of hydrogen-bond acceptors (Lipinski definition) is 9. The number of rotatable bonds is 8. The van der Waals surface area contributed by atoms with E-state index in [4.69, 9.17) is 9.47 Å². The van der Waals surface area contributed by atoms with Gasteiger partial charge in [-0.1, -0.05) is 11.8 Å². The fourth-order valence-corrected chi connectivity index (χ4v) is 3.57. The lowest BCUT2D eigenvalue weighted by Crippen LogP contribution is -2.42. The van der Waals surface area contributed by atoms with Crippen molar-refractivity contribution in [3.8, 4) is 11.9 Å². The van der Waals surface area contributed by atoms with Crippen molar-refractivity contribution in [3.63, 3.8) is 0 Å². The number of nitrogens with zero attached hydrogens (tertiary/aromatic N) is 5. The molecule has 9 heteroatoms. The highest BCUT2D eigenvalue weighted by Gasteiger charge is 2.37. The lowest BCUT2D eigenvalue weighted by Gasteiger charge is -2.38. The first-order valence-corrected chi connectivity index (χ1v) is 10.7.